The van der Waals surface area contributed by atoms with Gasteiger partial charge in [-0.2, -0.15) is 18.4 Å². The Morgan fingerprint density at radius 3 is 2.61 bits per heavy atom. The van der Waals surface area contributed by atoms with Crippen LogP contribution in [-0.2, 0) is 0 Å². The number of alkyl halides is 3. The molecule has 0 aromatic carbocycles. The fourth-order valence-corrected chi connectivity index (χ4v) is 2.41. The zero-order valence-corrected chi connectivity index (χ0v) is 11.3. The first kappa shape index (κ1) is 15.0. The van der Waals surface area contributed by atoms with Crippen molar-refractivity contribution in [2.75, 3.05) is 0 Å². The summed E-state index contributed by atoms with van der Waals surface area (Å²) in [6.07, 6.45) is -3.39. The molecule has 0 amide bonds. The molecule has 0 bridgehead atoms. The van der Waals surface area contributed by atoms with E-state index in [1.54, 1.807) is 6.07 Å². The third kappa shape index (κ3) is 2.73. The van der Waals surface area contributed by atoms with E-state index in [1.807, 2.05) is 4.98 Å². The predicted octanol–water partition coefficient (Wildman–Crippen LogP) is 1.06. The number of hydrogen-bond donors (Lipinski definition) is 2. The standard InChI is InChI=1S/C13H8F3N5O2/c14-13(15,16)8-1-5(8)6-2-9(20-21-10(6)3-17)7-4-18-12(23)19-11(7)22/h2,4-5,8H,1H2,(H2,18,19,22,23)/t5-,8+/m1/s1. The maximum Gasteiger partial charge on any atom is 0.392 e. The first-order valence-electron chi connectivity index (χ1n) is 6.48. The minimum atomic E-state index is -4.35. The van der Waals surface area contributed by atoms with Gasteiger partial charge >= 0.3 is 11.9 Å². The van der Waals surface area contributed by atoms with Gasteiger partial charge in [-0.25, -0.2) is 4.79 Å². The zero-order chi connectivity index (χ0) is 16.8. The molecule has 2 heterocycles. The molecule has 1 aliphatic rings. The number of rotatable bonds is 2. The van der Waals surface area contributed by atoms with E-state index >= 15 is 0 Å². The number of nitriles is 1. The highest BCUT2D eigenvalue weighted by molar-refractivity contribution is 5.58. The number of aromatic amines is 2. The Morgan fingerprint density at radius 1 is 1.30 bits per heavy atom. The van der Waals surface area contributed by atoms with E-state index in [-0.39, 0.29) is 28.9 Å². The van der Waals surface area contributed by atoms with Gasteiger partial charge in [0.1, 0.15) is 11.8 Å². The highest BCUT2D eigenvalue weighted by Crippen LogP contribution is 2.56. The zero-order valence-electron chi connectivity index (χ0n) is 11.3. The maximum absolute atomic E-state index is 12.7. The third-order valence-electron chi connectivity index (χ3n) is 3.63. The van der Waals surface area contributed by atoms with Crippen LogP contribution in [0.1, 0.15) is 23.6 Å². The van der Waals surface area contributed by atoms with E-state index in [2.05, 4.69) is 15.2 Å². The van der Waals surface area contributed by atoms with Gasteiger partial charge in [-0.15, -0.1) is 10.2 Å². The largest absolute Gasteiger partial charge is 0.392 e. The Kier molecular flexibility index (Phi) is 3.28. The van der Waals surface area contributed by atoms with Gasteiger partial charge in [0.15, 0.2) is 5.69 Å². The van der Waals surface area contributed by atoms with Crippen molar-refractivity contribution < 1.29 is 13.2 Å². The average Bonchev–Trinajstić information content (AvgIpc) is 3.27. The predicted molar refractivity (Wildman–Crippen MR) is 70.3 cm³/mol. The number of H-pyrrole nitrogens is 2. The molecule has 0 saturated heterocycles. The third-order valence-corrected chi connectivity index (χ3v) is 3.63. The van der Waals surface area contributed by atoms with E-state index in [1.165, 1.54) is 6.07 Å². The van der Waals surface area contributed by atoms with E-state index in [9.17, 15) is 22.8 Å². The van der Waals surface area contributed by atoms with Gasteiger partial charge in [0.2, 0.25) is 0 Å². The SMILES string of the molecule is N#Cc1nnc(-c2c[nH]c(=O)[nH]c2=O)cc1[C@H]1C[C@@H]1C(F)(F)F. The van der Waals surface area contributed by atoms with Gasteiger partial charge in [0.05, 0.1) is 11.5 Å². The van der Waals surface area contributed by atoms with Gasteiger partial charge in [-0.3, -0.25) is 9.78 Å². The molecule has 2 N–H and O–H groups in total. The number of hydrogen-bond acceptors (Lipinski definition) is 5. The molecule has 23 heavy (non-hydrogen) atoms. The van der Waals surface area contributed by atoms with E-state index in [4.69, 9.17) is 5.26 Å². The normalized spacial score (nSPS) is 20.1. The van der Waals surface area contributed by atoms with Crippen LogP contribution in [-0.4, -0.2) is 26.3 Å². The summed E-state index contributed by atoms with van der Waals surface area (Å²) in [5, 5.41) is 16.3. The summed E-state index contributed by atoms with van der Waals surface area (Å²) in [7, 11) is 0. The minimum Gasteiger partial charge on any atom is -0.313 e. The van der Waals surface area contributed by atoms with Crippen LogP contribution in [0.5, 0.6) is 0 Å². The molecule has 1 saturated carbocycles. The second-order valence-corrected chi connectivity index (χ2v) is 5.12. The van der Waals surface area contributed by atoms with Crippen molar-refractivity contribution in [3.8, 4) is 17.3 Å². The second kappa shape index (κ2) is 5.05. The van der Waals surface area contributed by atoms with E-state index < -0.39 is 29.3 Å². The van der Waals surface area contributed by atoms with Gasteiger partial charge in [-0.1, -0.05) is 0 Å². The molecule has 0 radical (unpaired) electrons. The molecule has 118 valence electrons. The molecule has 0 spiro atoms. The molecule has 1 fully saturated rings. The van der Waals surface area contributed by atoms with Crippen LogP contribution >= 0.6 is 0 Å². The lowest BCUT2D eigenvalue weighted by molar-refractivity contribution is -0.148. The first-order chi connectivity index (χ1) is 10.8. The van der Waals surface area contributed by atoms with Gasteiger partial charge in [0, 0.05) is 6.20 Å². The lowest BCUT2D eigenvalue weighted by Crippen LogP contribution is -2.23. The Bertz CT molecular complexity index is 925. The van der Waals surface area contributed by atoms with Crippen molar-refractivity contribution in [1.29, 1.82) is 5.26 Å². The fraction of sp³-hybridized carbons (Fsp3) is 0.308. The van der Waals surface area contributed by atoms with Crippen molar-refractivity contribution >= 4 is 0 Å². The van der Waals surface area contributed by atoms with Crippen molar-refractivity contribution in [2.24, 2.45) is 5.92 Å². The van der Waals surface area contributed by atoms with Crippen LogP contribution in [0.3, 0.4) is 0 Å². The summed E-state index contributed by atoms with van der Waals surface area (Å²) in [5.41, 5.74) is -1.63. The van der Waals surface area contributed by atoms with Gasteiger partial charge in [-0.05, 0) is 24.0 Å². The summed E-state index contributed by atoms with van der Waals surface area (Å²) in [5.74, 6) is -2.40. The van der Waals surface area contributed by atoms with Crippen LogP contribution in [0, 0.1) is 17.2 Å². The Labute approximate surface area is 125 Å². The van der Waals surface area contributed by atoms with Crippen LogP contribution in [0.2, 0.25) is 0 Å². The lowest BCUT2D eigenvalue weighted by atomic mass is 10.1. The quantitative estimate of drug-likeness (QED) is 0.857. The van der Waals surface area contributed by atoms with Crippen molar-refractivity contribution in [3.05, 3.63) is 44.4 Å². The van der Waals surface area contributed by atoms with E-state index in [0.29, 0.717) is 0 Å². The lowest BCUT2D eigenvalue weighted by Gasteiger charge is -2.07. The number of halogens is 3. The molecule has 7 nitrogen and oxygen atoms in total. The summed E-state index contributed by atoms with van der Waals surface area (Å²) in [6, 6.07) is 2.95. The number of nitrogens with zero attached hydrogens (tertiary/aromatic N) is 3. The highest BCUT2D eigenvalue weighted by atomic mass is 19.4. The maximum atomic E-state index is 12.7. The molecule has 2 atom stereocenters. The van der Waals surface area contributed by atoms with Crippen LogP contribution < -0.4 is 11.2 Å². The Hall–Kier alpha value is -2.96. The van der Waals surface area contributed by atoms with Gasteiger partial charge in [0.25, 0.3) is 5.56 Å². The Morgan fingerprint density at radius 2 is 2.04 bits per heavy atom. The second-order valence-electron chi connectivity index (χ2n) is 5.12. The van der Waals surface area contributed by atoms with Crippen molar-refractivity contribution in [3.63, 3.8) is 0 Å². The van der Waals surface area contributed by atoms with Crippen molar-refractivity contribution in [1.82, 2.24) is 20.2 Å². The molecular weight excluding hydrogens is 315 g/mol. The molecule has 2 aromatic heterocycles. The molecular formula is C13H8F3N5O2. The molecule has 10 heteroatoms. The molecule has 0 aliphatic heterocycles. The first-order valence-corrected chi connectivity index (χ1v) is 6.48. The summed E-state index contributed by atoms with van der Waals surface area (Å²) < 4.78 is 38.2. The number of aromatic nitrogens is 4. The van der Waals surface area contributed by atoms with Crippen LogP contribution in [0.15, 0.2) is 21.9 Å². The summed E-state index contributed by atoms with van der Waals surface area (Å²) >= 11 is 0. The fourth-order valence-electron chi connectivity index (χ4n) is 2.41. The van der Waals surface area contributed by atoms with E-state index in [0.717, 1.165) is 6.20 Å². The van der Waals surface area contributed by atoms with Crippen LogP contribution in [0.4, 0.5) is 13.2 Å². The topological polar surface area (TPSA) is 115 Å². The summed E-state index contributed by atoms with van der Waals surface area (Å²) in [6.45, 7) is 0. The van der Waals surface area contributed by atoms with Crippen molar-refractivity contribution in [2.45, 2.75) is 18.5 Å². The average molecular weight is 323 g/mol. The minimum absolute atomic E-state index is 0.00988. The molecule has 1 aliphatic carbocycles. The highest BCUT2D eigenvalue weighted by Gasteiger charge is 2.57. The Balaban J connectivity index is 2.06. The van der Waals surface area contributed by atoms with Crippen LogP contribution in [0.25, 0.3) is 11.3 Å². The molecule has 3 rings (SSSR count). The monoisotopic (exact) mass is 323 g/mol. The molecule has 0 unspecified atom stereocenters. The number of nitrogens with one attached hydrogen (secondary N) is 2. The smallest absolute Gasteiger partial charge is 0.313 e. The molecule has 2 aromatic rings. The van der Waals surface area contributed by atoms with Gasteiger partial charge < -0.3 is 4.98 Å². The summed E-state index contributed by atoms with van der Waals surface area (Å²) in [4.78, 5) is 26.9.